The van der Waals surface area contributed by atoms with Gasteiger partial charge >= 0.3 is 0 Å². The molecule has 5 nitrogen and oxygen atoms in total. The van der Waals surface area contributed by atoms with Crippen LogP contribution in [0.25, 0.3) is 5.65 Å². The van der Waals surface area contributed by atoms with E-state index in [1.165, 1.54) is 0 Å². The van der Waals surface area contributed by atoms with Crippen LogP contribution in [0, 0.1) is 12.8 Å². The molecule has 2 atom stereocenters. The van der Waals surface area contributed by atoms with Crippen LogP contribution in [0.15, 0.2) is 29.1 Å². The lowest BCUT2D eigenvalue weighted by Crippen LogP contribution is -2.26. The fraction of sp³-hybridized carbons (Fsp3) is 0.500. The third kappa shape index (κ3) is 2.84. The fourth-order valence-corrected chi connectivity index (χ4v) is 3.07. The second-order valence-electron chi connectivity index (χ2n) is 5.97. The molecule has 5 heteroatoms. The Kier molecular flexibility index (Phi) is 3.78. The third-order valence-corrected chi connectivity index (χ3v) is 4.31. The van der Waals surface area contributed by atoms with Gasteiger partial charge in [-0.25, -0.2) is 4.98 Å². The van der Waals surface area contributed by atoms with Gasteiger partial charge in [-0.1, -0.05) is 6.07 Å². The summed E-state index contributed by atoms with van der Waals surface area (Å²) in [5.41, 5.74) is 2.37. The summed E-state index contributed by atoms with van der Waals surface area (Å²) in [7, 11) is 0. The average molecular weight is 287 g/mol. The van der Waals surface area contributed by atoms with Gasteiger partial charge in [0.15, 0.2) is 0 Å². The number of nitrogens with zero attached hydrogens (tertiary/aromatic N) is 3. The zero-order valence-electron chi connectivity index (χ0n) is 12.5. The van der Waals surface area contributed by atoms with Crippen molar-refractivity contribution >= 4 is 5.65 Å². The van der Waals surface area contributed by atoms with E-state index in [9.17, 15) is 9.90 Å². The molecule has 112 valence electrons. The van der Waals surface area contributed by atoms with Gasteiger partial charge in [0.1, 0.15) is 5.65 Å². The van der Waals surface area contributed by atoms with Gasteiger partial charge in [0.2, 0.25) is 0 Å². The van der Waals surface area contributed by atoms with Crippen LogP contribution in [0.2, 0.25) is 0 Å². The van der Waals surface area contributed by atoms with Crippen LogP contribution < -0.4 is 5.56 Å². The zero-order chi connectivity index (χ0) is 15.0. The minimum atomic E-state index is -0.271. The summed E-state index contributed by atoms with van der Waals surface area (Å²) in [5, 5.41) is 9.66. The Balaban J connectivity index is 1.84. The SMILES string of the molecule is Cc1cccc2nc(CN3CCC(C(C)O)C3)cc(=O)n12. The van der Waals surface area contributed by atoms with Gasteiger partial charge in [-0.3, -0.25) is 14.1 Å². The highest BCUT2D eigenvalue weighted by atomic mass is 16.3. The Morgan fingerprint density at radius 2 is 2.29 bits per heavy atom. The van der Waals surface area contributed by atoms with Crippen LogP contribution in [0.3, 0.4) is 0 Å². The van der Waals surface area contributed by atoms with Gasteiger partial charge < -0.3 is 5.11 Å². The largest absolute Gasteiger partial charge is 0.393 e. The topological polar surface area (TPSA) is 57.8 Å². The highest BCUT2D eigenvalue weighted by molar-refractivity contribution is 5.40. The second kappa shape index (κ2) is 5.58. The molecule has 1 aliphatic heterocycles. The molecule has 0 radical (unpaired) electrons. The van der Waals surface area contributed by atoms with E-state index in [1.54, 1.807) is 10.5 Å². The molecule has 0 spiro atoms. The predicted molar refractivity (Wildman–Crippen MR) is 81.3 cm³/mol. The van der Waals surface area contributed by atoms with Crippen molar-refractivity contribution in [2.45, 2.75) is 32.9 Å². The van der Waals surface area contributed by atoms with Gasteiger partial charge in [-0.15, -0.1) is 0 Å². The number of aliphatic hydroxyl groups is 1. The fourth-order valence-electron chi connectivity index (χ4n) is 3.07. The summed E-state index contributed by atoms with van der Waals surface area (Å²) in [6, 6.07) is 7.31. The summed E-state index contributed by atoms with van der Waals surface area (Å²) < 4.78 is 1.63. The van der Waals surface area contributed by atoms with Crippen molar-refractivity contribution in [1.82, 2.24) is 14.3 Å². The number of aryl methyl sites for hydroxylation is 1. The first kappa shape index (κ1) is 14.2. The molecule has 21 heavy (non-hydrogen) atoms. The van der Waals surface area contributed by atoms with Crippen LogP contribution in [0.1, 0.15) is 24.7 Å². The number of pyridine rings is 1. The van der Waals surface area contributed by atoms with Crippen LogP contribution >= 0.6 is 0 Å². The summed E-state index contributed by atoms with van der Waals surface area (Å²) >= 11 is 0. The van der Waals surface area contributed by atoms with Gasteiger partial charge in [-0.05, 0) is 44.9 Å². The first-order valence-corrected chi connectivity index (χ1v) is 7.43. The zero-order valence-corrected chi connectivity index (χ0v) is 12.5. The van der Waals surface area contributed by atoms with E-state index >= 15 is 0 Å². The summed E-state index contributed by atoms with van der Waals surface area (Å²) in [5.74, 6) is 0.328. The van der Waals surface area contributed by atoms with Crippen molar-refractivity contribution in [1.29, 1.82) is 0 Å². The lowest BCUT2D eigenvalue weighted by atomic mass is 10.0. The number of aromatic nitrogens is 2. The number of aliphatic hydroxyl groups excluding tert-OH is 1. The molecular formula is C16H21N3O2. The molecule has 1 aliphatic rings. The Morgan fingerprint density at radius 3 is 3.00 bits per heavy atom. The van der Waals surface area contributed by atoms with Crippen LogP contribution in [0.4, 0.5) is 0 Å². The first-order valence-electron chi connectivity index (χ1n) is 7.43. The quantitative estimate of drug-likeness (QED) is 0.922. The Morgan fingerprint density at radius 1 is 1.48 bits per heavy atom. The van der Waals surface area contributed by atoms with E-state index < -0.39 is 0 Å². The average Bonchev–Trinajstić information content (AvgIpc) is 2.87. The summed E-state index contributed by atoms with van der Waals surface area (Å²) in [6.07, 6.45) is 0.733. The molecule has 3 heterocycles. The molecular weight excluding hydrogens is 266 g/mol. The Hall–Kier alpha value is -1.72. The smallest absolute Gasteiger partial charge is 0.258 e. The standard InChI is InChI=1S/C16H21N3O2/c1-11-4-3-5-15-17-14(8-16(21)19(11)15)10-18-7-6-13(9-18)12(2)20/h3-5,8,12-13,20H,6-7,9-10H2,1-2H3. The molecule has 2 aromatic rings. The van der Waals surface area contributed by atoms with Crippen LogP contribution in [0.5, 0.6) is 0 Å². The maximum atomic E-state index is 12.2. The molecule has 0 aromatic carbocycles. The van der Waals surface area contributed by atoms with Crippen molar-refractivity contribution in [3.8, 4) is 0 Å². The molecule has 1 fully saturated rings. The van der Waals surface area contributed by atoms with Gasteiger partial charge in [0, 0.05) is 24.8 Å². The number of hydrogen-bond donors (Lipinski definition) is 1. The molecule has 0 saturated carbocycles. The lowest BCUT2D eigenvalue weighted by Gasteiger charge is -2.17. The maximum absolute atomic E-state index is 12.2. The van der Waals surface area contributed by atoms with Crippen molar-refractivity contribution in [3.05, 3.63) is 46.0 Å². The summed E-state index contributed by atoms with van der Waals surface area (Å²) in [4.78, 5) is 19.1. The number of hydrogen-bond acceptors (Lipinski definition) is 4. The number of likely N-dealkylation sites (tertiary alicyclic amines) is 1. The molecule has 0 aliphatic carbocycles. The summed E-state index contributed by atoms with van der Waals surface area (Å²) in [6.45, 7) is 6.24. The van der Waals surface area contributed by atoms with E-state index in [0.717, 1.165) is 30.9 Å². The minimum Gasteiger partial charge on any atom is -0.393 e. The molecule has 0 amide bonds. The molecule has 0 bridgehead atoms. The normalized spacial score (nSPS) is 21.0. The van der Waals surface area contributed by atoms with Crippen molar-refractivity contribution in [3.63, 3.8) is 0 Å². The van der Waals surface area contributed by atoms with E-state index in [0.29, 0.717) is 18.1 Å². The van der Waals surface area contributed by atoms with Gasteiger partial charge in [-0.2, -0.15) is 0 Å². The van der Waals surface area contributed by atoms with E-state index in [-0.39, 0.29) is 11.7 Å². The van der Waals surface area contributed by atoms with Crippen molar-refractivity contribution < 1.29 is 5.11 Å². The Labute approximate surface area is 123 Å². The molecule has 2 aromatic heterocycles. The van der Waals surface area contributed by atoms with Crippen LogP contribution in [-0.2, 0) is 6.54 Å². The minimum absolute atomic E-state index is 0.0284. The molecule has 1 saturated heterocycles. The molecule has 2 unspecified atom stereocenters. The van der Waals surface area contributed by atoms with Gasteiger partial charge in [0.25, 0.3) is 5.56 Å². The van der Waals surface area contributed by atoms with Crippen molar-refractivity contribution in [2.24, 2.45) is 5.92 Å². The predicted octanol–water partition coefficient (Wildman–Crippen LogP) is 1.21. The monoisotopic (exact) mass is 287 g/mol. The van der Waals surface area contributed by atoms with E-state index in [4.69, 9.17) is 0 Å². The first-order chi connectivity index (χ1) is 10.0. The highest BCUT2D eigenvalue weighted by Gasteiger charge is 2.26. The highest BCUT2D eigenvalue weighted by Crippen LogP contribution is 2.20. The third-order valence-electron chi connectivity index (χ3n) is 4.31. The number of fused-ring (bicyclic) bond motifs is 1. The molecule has 3 rings (SSSR count). The molecule has 1 N–H and O–H groups in total. The lowest BCUT2D eigenvalue weighted by molar-refractivity contribution is 0.127. The van der Waals surface area contributed by atoms with Gasteiger partial charge in [0.05, 0.1) is 11.8 Å². The number of rotatable bonds is 3. The maximum Gasteiger partial charge on any atom is 0.258 e. The second-order valence-corrected chi connectivity index (χ2v) is 5.97. The Bertz CT molecular complexity index is 708. The van der Waals surface area contributed by atoms with Crippen molar-refractivity contribution in [2.75, 3.05) is 13.1 Å². The van der Waals surface area contributed by atoms with Crippen LogP contribution in [-0.4, -0.2) is 38.6 Å². The van der Waals surface area contributed by atoms with E-state index in [1.807, 2.05) is 32.0 Å². The van der Waals surface area contributed by atoms with E-state index in [2.05, 4.69) is 9.88 Å².